The van der Waals surface area contributed by atoms with Crippen LogP contribution in [0.3, 0.4) is 0 Å². The summed E-state index contributed by atoms with van der Waals surface area (Å²) in [4.78, 5) is 5.04. The lowest BCUT2D eigenvalue weighted by Crippen LogP contribution is -2.50. The minimum atomic E-state index is 0.394. The van der Waals surface area contributed by atoms with Gasteiger partial charge in [0.1, 0.15) is 0 Å². The van der Waals surface area contributed by atoms with Gasteiger partial charge in [0.15, 0.2) is 0 Å². The van der Waals surface area contributed by atoms with Gasteiger partial charge in [-0.3, -0.25) is 4.90 Å². The summed E-state index contributed by atoms with van der Waals surface area (Å²) in [5.74, 6) is 1.45. The Morgan fingerprint density at radius 1 is 1.22 bits per heavy atom. The highest BCUT2D eigenvalue weighted by atomic mass is 16.5. The SMILES string of the molecule is CCN1CCOC(CN2CCC(C)C(CN)C2)C1. The van der Waals surface area contributed by atoms with Gasteiger partial charge in [-0.05, 0) is 37.9 Å². The van der Waals surface area contributed by atoms with Crippen LogP contribution in [0.5, 0.6) is 0 Å². The molecule has 2 fully saturated rings. The van der Waals surface area contributed by atoms with E-state index in [9.17, 15) is 0 Å². The van der Waals surface area contributed by atoms with E-state index < -0.39 is 0 Å². The Morgan fingerprint density at radius 3 is 2.78 bits per heavy atom. The monoisotopic (exact) mass is 255 g/mol. The van der Waals surface area contributed by atoms with Crippen LogP contribution in [0, 0.1) is 11.8 Å². The summed E-state index contributed by atoms with van der Waals surface area (Å²) in [6.45, 7) is 13.1. The fourth-order valence-electron chi connectivity index (χ4n) is 3.16. The standard InChI is InChI=1S/C14H29N3O/c1-3-16-6-7-18-14(10-16)11-17-5-4-12(2)13(8-15)9-17/h12-14H,3-11,15H2,1-2H3. The third-order valence-electron chi connectivity index (χ3n) is 4.63. The van der Waals surface area contributed by atoms with Crippen LogP contribution in [0.2, 0.25) is 0 Å². The van der Waals surface area contributed by atoms with Gasteiger partial charge in [0.2, 0.25) is 0 Å². The maximum atomic E-state index is 5.89. The fraction of sp³-hybridized carbons (Fsp3) is 1.00. The third-order valence-corrected chi connectivity index (χ3v) is 4.63. The molecule has 0 amide bonds. The lowest BCUT2D eigenvalue weighted by atomic mass is 9.87. The van der Waals surface area contributed by atoms with Gasteiger partial charge in [0.25, 0.3) is 0 Å². The van der Waals surface area contributed by atoms with Crippen molar-refractivity contribution in [2.75, 3.05) is 52.4 Å². The molecule has 0 saturated carbocycles. The van der Waals surface area contributed by atoms with Gasteiger partial charge in [-0.15, -0.1) is 0 Å². The molecule has 2 saturated heterocycles. The molecule has 2 heterocycles. The predicted molar refractivity (Wildman–Crippen MR) is 74.6 cm³/mol. The van der Waals surface area contributed by atoms with Crippen molar-refractivity contribution in [1.29, 1.82) is 0 Å². The average molecular weight is 255 g/mol. The molecule has 2 aliphatic heterocycles. The molecule has 0 radical (unpaired) electrons. The first kappa shape index (κ1) is 14.3. The first-order valence-corrected chi connectivity index (χ1v) is 7.49. The van der Waals surface area contributed by atoms with Gasteiger partial charge in [0, 0.05) is 26.2 Å². The topological polar surface area (TPSA) is 41.7 Å². The van der Waals surface area contributed by atoms with Crippen molar-refractivity contribution in [2.24, 2.45) is 17.6 Å². The number of ether oxygens (including phenoxy) is 1. The molecule has 4 heteroatoms. The second-order valence-electron chi connectivity index (χ2n) is 5.91. The van der Waals surface area contributed by atoms with Crippen LogP contribution in [0.1, 0.15) is 20.3 Å². The van der Waals surface area contributed by atoms with Crippen LogP contribution in [-0.2, 0) is 4.74 Å². The summed E-state index contributed by atoms with van der Waals surface area (Å²) in [5, 5.41) is 0. The molecule has 3 atom stereocenters. The molecule has 2 aliphatic rings. The zero-order valence-electron chi connectivity index (χ0n) is 12.0. The Labute approximate surface area is 111 Å². The summed E-state index contributed by atoms with van der Waals surface area (Å²) < 4.78 is 5.89. The highest BCUT2D eigenvalue weighted by Gasteiger charge is 2.28. The van der Waals surface area contributed by atoms with E-state index in [0.717, 1.165) is 51.8 Å². The van der Waals surface area contributed by atoms with Gasteiger partial charge >= 0.3 is 0 Å². The summed E-state index contributed by atoms with van der Waals surface area (Å²) in [5.41, 5.74) is 5.87. The van der Waals surface area contributed by atoms with Crippen molar-refractivity contribution < 1.29 is 4.74 Å². The van der Waals surface area contributed by atoms with Crippen LogP contribution >= 0.6 is 0 Å². The first-order chi connectivity index (χ1) is 8.72. The number of hydrogen-bond donors (Lipinski definition) is 1. The molecule has 0 aromatic heterocycles. The van der Waals surface area contributed by atoms with Crippen molar-refractivity contribution >= 4 is 0 Å². The normalized spacial score (nSPS) is 35.8. The Bertz CT molecular complexity index is 249. The minimum absolute atomic E-state index is 0.394. The van der Waals surface area contributed by atoms with E-state index in [1.807, 2.05) is 0 Å². The second kappa shape index (κ2) is 6.85. The molecule has 0 aromatic rings. The molecular weight excluding hydrogens is 226 g/mol. The van der Waals surface area contributed by atoms with Crippen LogP contribution in [0.4, 0.5) is 0 Å². The zero-order valence-corrected chi connectivity index (χ0v) is 12.0. The number of morpholine rings is 1. The maximum absolute atomic E-state index is 5.89. The fourth-order valence-corrected chi connectivity index (χ4v) is 3.16. The molecule has 0 bridgehead atoms. The Balaban J connectivity index is 1.78. The Hall–Kier alpha value is -0.160. The first-order valence-electron chi connectivity index (χ1n) is 7.49. The maximum Gasteiger partial charge on any atom is 0.0829 e. The summed E-state index contributed by atoms with van der Waals surface area (Å²) in [7, 11) is 0. The zero-order chi connectivity index (χ0) is 13.0. The van der Waals surface area contributed by atoms with Crippen LogP contribution in [0.25, 0.3) is 0 Å². The smallest absolute Gasteiger partial charge is 0.0829 e. The number of nitrogens with two attached hydrogens (primary N) is 1. The number of likely N-dealkylation sites (tertiary alicyclic amines) is 1. The number of piperidine rings is 1. The van der Waals surface area contributed by atoms with Crippen molar-refractivity contribution in [1.82, 2.24) is 9.80 Å². The highest BCUT2D eigenvalue weighted by molar-refractivity contribution is 4.82. The summed E-state index contributed by atoms with van der Waals surface area (Å²) in [6.07, 6.45) is 1.68. The average Bonchev–Trinajstić information content (AvgIpc) is 2.41. The molecule has 106 valence electrons. The van der Waals surface area contributed by atoms with E-state index in [-0.39, 0.29) is 0 Å². The van der Waals surface area contributed by atoms with E-state index in [1.165, 1.54) is 13.0 Å². The van der Waals surface area contributed by atoms with Gasteiger partial charge in [0.05, 0.1) is 12.7 Å². The summed E-state index contributed by atoms with van der Waals surface area (Å²) >= 11 is 0. The minimum Gasteiger partial charge on any atom is -0.374 e. The van der Waals surface area contributed by atoms with E-state index in [4.69, 9.17) is 10.5 Å². The predicted octanol–water partition coefficient (Wildman–Crippen LogP) is 0.624. The molecule has 2 N–H and O–H groups in total. The quantitative estimate of drug-likeness (QED) is 0.800. The number of likely N-dealkylation sites (N-methyl/N-ethyl adjacent to an activating group) is 1. The molecule has 4 nitrogen and oxygen atoms in total. The number of hydrogen-bond acceptors (Lipinski definition) is 4. The molecule has 0 aromatic carbocycles. The van der Waals surface area contributed by atoms with Crippen molar-refractivity contribution in [3.05, 3.63) is 0 Å². The number of rotatable bonds is 4. The molecule has 0 spiro atoms. The molecular formula is C14H29N3O. The van der Waals surface area contributed by atoms with E-state index in [2.05, 4.69) is 23.6 Å². The Morgan fingerprint density at radius 2 is 2.06 bits per heavy atom. The van der Waals surface area contributed by atoms with Gasteiger partial charge in [-0.1, -0.05) is 13.8 Å². The van der Waals surface area contributed by atoms with Crippen LogP contribution < -0.4 is 5.73 Å². The van der Waals surface area contributed by atoms with Crippen molar-refractivity contribution in [2.45, 2.75) is 26.4 Å². The largest absolute Gasteiger partial charge is 0.374 e. The van der Waals surface area contributed by atoms with E-state index >= 15 is 0 Å². The van der Waals surface area contributed by atoms with Crippen LogP contribution in [-0.4, -0.2) is 68.3 Å². The van der Waals surface area contributed by atoms with Gasteiger partial charge < -0.3 is 15.4 Å². The van der Waals surface area contributed by atoms with Crippen LogP contribution in [0.15, 0.2) is 0 Å². The van der Waals surface area contributed by atoms with Crippen molar-refractivity contribution in [3.8, 4) is 0 Å². The number of nitrogens with zero attached hydrogens (tertiary/aromatic N) is 2. The second-order valence-corrected chi connectivity index (χ2v) is 5.91. The Kier molecular flexibility index (Phi) is 5.42. The third kappa shape index (κ3) is 3.67. The van der Waals surface area contributed by atoms with Crippen molar-refractivity contribution in [3.63, 3.8) is 0 Å². The lowest BCUT2D eigenvalue weighted by molar-refractivity contribution is -0.0484. The highest BCUT2D eigenvalue weighted by Crippen LogP contribution is 2.22. The lowest BCUT2D eigenvalue weighted by Gasteiger charge is -2.40. The van der Waals surface area contributed by atoms with E-state index in [0.29, 0.717) is 12.0 Å². The molecule has 3 unspecified atom stereocenters. The van der Waals surface area contributed by atoms with Gasteiger partial charge in [-0.2, -0.15) is 0 Å². The van der Waals surface area contributed by atoms with E-state index in [1.54, 1.807) is 0 Å². The van der Waals surface area contributed by atoms with Gasteiger partial charge in [-0.25, -0.2) is 0 Å². The molecule has 18 heavy (non-hydrogen) atoms. The molecule has 2 rings (SSSR count). The summed E-state index contributed by atoms with van der Waals surface area (Å²) in [6, 6.07) is 0. The molecule has 0 aliphatic carbocycles.